The first kappa shape index (κ1) is 28.3. The highest BCUT2D eigenvalue weighted by atomic mass is 16.6. The average molecular weight is 555 g/mol. The van der Waals surface area contributed by atoms with Crippen molar-refractivity contribution in [1.82, 2.24) is 24.9 Å². The SMILES string of the molecule is Cc1noc([C@@H]2C[C@H](N(CC(C)C)C(=O)c3ncc(C4CC4)cc3NC3COC3)CN(C(=O)OC(C)(C)C)C2)n1. The van der Waals surface area contributed by atoms with E-state index in [4.69, 9.17) is 19.0 Å². The molecule has 4 heterocycles. The number of likely N-dealkylation sites (tertiary alicyclic amines) is 1. The Hall–Kier alpha value is -3.21. The van der Waals surface area contributed by atoms with Crippen molar-refractivity contribution < 1.29 is 23.6 Å². The van der Waals surface area contributed by atoms with Crippen LogP contribution in [0.1, 0.15) is 93.5 Å². The van der Waals surface area contributed by atoms with Crippen molar-refractivity contribution in [2.75, 3.05) is 38.2 Å². The van der Waals surface area contributed by atoms with Crippen LogP contribution in [0.3, 0.4) is 0 Å². The zero-order valence-electron chi connectivity index (χ0n) is 24.5. The molecule has 3 fully saturated rings. The molecule has 3 aliphatic rings. The number of carbonyl (C=O) groups excluding carboxylic acids is 2. The second kappa shape index (κ2) is 11.3. The quantitative estimate of drug-likeness (QED) is 0.507. The second-order valence-electron chi connectivity index (χ2n) is 12.8. The average Bonchev–Trinajstić information content (AvgIpc) is 3.63. The Bertz CT molecular complexity index is 1220. The Kier molecular flexibility index (Phi) is 8.03. The first-order chi connectivity index (χ1) is 19.0. The van der Waals surface area contributed by atoms with Crippen molar-refractivity contribution in [2.45, 2.75) is 90.3 Å². The highest BCUT2D eigenvalue weighted by Gasteiger charge is 2.40. The van der Waals surface area contributed by atoms with Gasteiger partial charge in [0.05, 0.1) is 36.9 Å². The van der Waals surface area contributed by atoms with Crippen LogP contribution in [-0.2, 0) is 9.47 Å². The van der Waals surface area contributed by atoms with Crippen LogP contribution in [0.4, 0.5) is 10.5 Å². The number of nitrogens with zero attached hydrogens (tertiary/aromatic N) is 5. The molecule has 2 saturated heterocycles. The van der Waals surface area contributed by atoms with Crippen molar-refractivity contribution in [1.29, 1.82) is 0 Å². The Morgan fingerprint density at radius 2 is 1.95 bits per heavy atom. The molecule has 0 bridgehead atoms. The summed E-state index contributed by atoms with van der Waals surface area (Å²) in [5.41, 5.74) is 1.67. The number of nitrogens with one attached hydrogen (secondary N) is 1. The lowest BCUT2D eigenvalue weighted by Gasteiger charge is -2.42. The maximum absolute atomic E-state index is 14.3. The third kappa shape index (κ3) is 6.74. The molecular weight excluding hydrogens is 512 g/mol. The lowest BCUT2D eigenvalue weighted by atomic mass is 9.92. The van der Waals surface area contributed by atoms with Crippen molar-refractivity contribution in [2.24, 2.45) is 5.92 Å². The lowest BCUT2D eigenvalue weighted by Crippen LogP contribution is -2.55. The molecule has 0 unspecified atom stereocenters. The van der Waals surface area contributed by atoms with Crippen LogP contribution in [0, 0.1) is 12.8 Å². The predicted molar refractivity (Wildman–Crippen MR) is 148 cm³/mol. The molecule has 2 aromatic rings. The highest BCUT2D eigenvalue weighted by Crippen LogP contribution is 2.41. The van der Waals surface area contributed by atoms with Crippen LogP contribution < -0.4 is 5.32 Å². The molecule has 2 amide bonds. The number of anilines is 1. The summed E-state index contributed by atoms with van der Waals surface area (Å²) in [6.45, 7) is 13.9. The number of aromatic nitrogens is 3. The van der Waals surface area contributed by atoms with Gasteiger partial charge in [-0.15, -0.1) is 0 Å². The van der Waals surface area contributed by atoms with Crippen LogP contribution in [0.2, 0.25) is 0 Å². The van der Waals surface area contributed by atoms with Gasteiger partial charge < -0.3 is 29.1 Å². The Morgan fingerprint density at radius 3 is 2.52 bits per heavy atom. The summed E-state index contributed by atoms with van der Waals surface area (Å²) in [5.74, 6) is 1.33. The third-order valence-corrected chi connectivity index (χ3v) is 7.39. The molecule has 2 atom stereocenters. The van der Waals surface area contributed by atoms with Gasteiger partial charge in [0.2, 0.25) is 5.89 Å². The number of pyridine rings is 1. The highest BCUT2D eigenvalue weighted by molar-refractivity contribution is 5.98. The van der Waals surface area contributed by atoms with Crippen LogP contribution in [0.25, 0.3) is 0 Å². The van der Waals surface area contributed by atoms with Gasteiger partial charge >= 0.3 is 6.09 Å². The maximum Gasteiger partial charge on any atom is 0.410 e. The maximum atomic E-state index is 14.3. The number of ether oxygens (including phenoxy) is 2. The number of hydrogen-bond donors (Lipinski definition) is 1. The summed E-state index contributed by atoms with van der Waals surface area (Å²) < 4.78 is 16.6. The molecule has 2 aromatic heterocycles. The molecular formula is C29H42N6O5. The number of hydrogen-bond acceptors (Lipinski definition) is 9. The van der Waals surface area contributed by atoms with E-state index in [1.807, 2.05) is 31.9 Å². The summed E-state index contributed by atoms with van der Waals surface area (Å²) in [7, 11) is 0. The summed E-state index contributed by atoms with van der Waals surface area (Å²) in [5, 5.41) is 7.47. The molecule has 11 heteroatoms. The lowest BCUT2D eigenvalue weighted by molar-refractivity contribution is 0.00478. The van der Waals surface area contributed by atoms with Crippen molar-refractivity contribution >= 4 is 17.7 Å². The summed E-state index contributed by atoms with van der Waals surface area (Å²) in [6.07, 6.45) is 4.31. The van der Waals surface area contributed by atoms with Gasteiger partial charge in [-0.2, -0.15) is 4.98 Å². The van der Waals surface area contributed by atoms with Crippen molar-refractivity contribution in [3.8, 4) is 0 Å². The topological polar surface area (TPSA) is 123 Å². The minimum atomic E-state index is -0.646. The summed E-state index contributed by atoms with van der Waals surface area (Å²) in [4.78, 5) is 40.3. The van der Waals surface area contributed by atoms with E-state index < -0.39 is 11.7 Å². The fraction of sp³-hybridized carbons (Fsp3) is 0.690. The minimum absolute atomic E-state index is 0.156. The number of aryl methyl sites for hydroxylation is 1. The van der Waals surface area contributed by atoms with Crippen molar-refractivity contribution in [3.05, 3.63) is 35.2 Å². The molecule has 218 valence electrons. The molecule has 40 heavy (non-hydrogen) atoms. The molecule has 0 radical (unpaired) electrons. The molecule has 2 aliphatic heterocycles. The van der Waals surface area contributed by atoms with Crippen molar-refractivity contribution in [3.63, 3.8) is 0 Å². The fourth-order valence-electron chi connectivity index (χ4n) is 5.30. The van der Waals surface area contributed by atoms with Gasteiger partial charge in [0.25, 0.3) is 5.91 Å². The standard InChI is InChI=1S/C29H42N6O5/c1-17(2)12-35(27(36)25-24(32-22-15-38-16-22)10-20(11-30-25)19-7-8-19)23-9-21(26-31-18(3)33-40-26)13-34(14-23)28(37)39-29(4,5)6/h10-11,17,19,21-23,32H,7-9,12-16H2,1-6H3/t21-,23+/m1/s1. The van der Waals surface area contributed by atoms with E-state index in [9.17, 15) is 9.59 Å². The Balaban J connectivity index is 1.46. The second-order valence-corrected chi connectivity index (χ2v) is 12.8. The molecule has 1 saturated carbocycles. The normalized spacial score (nSPS) is 21.7. The monoisotopic (exact) mass is 554 g/mol. The van der Waals surface area contributed by atoms with E-state index in [0.29, 0.717) is 62.6 Å². The van der Waals surface area contributed by atoms with E-state index >= 15 is 0 Å². The summed E-state index contributed by atoms with van der Waals surface area (Å²) in [6, 6.07) is 1.95. The van der Waals surface area contributed by atoms with Gasteiger partial charge in [0, 0.05) is 25.8 Å². The minimum Gasteiger partial charge on any atom is -0.444 e. The molecule has 5 rings (SSSR count). The first-order valence-electron chi connectivity index (χ1n) is 14.4. The predicted octanol–water partition coefficient (Wildman–Crippen LogP) is 4.35. The van der Waals surface area contributed by atoms with Crippen LogP contribution in [0.5, 0.6) is 0 Å². The number of piperidine rings is 1. The van der Waals surface area contributed by atoms with E-state index in [0.717, 1.165) is 24.1 Å². The molecule has 0 aromatic carbocycles. The zero-order valence-corrected chi connectivity index (χ0v) is 24.5. The molecule has 1 aliphatic carbocycles. The van der Waals surface area contributed by atoms with E-state index in [2.05, 4.69) is 35.4 Å². The molecule has 1 N–H and O–H groups in total. The third-order valence-electron chi connectivity index (χ3n) is 7.39. The number of carbonyl (C=O) groups is 2. The molecule has 11 nitrogen and oxygen atoms in total. The van der Waals surface area contributed by atoms with E-state index in [1.54, 1.807) is 11.8 Å². The first-order valence-corrected chi connectivity index (χ1v) is 14.4. The number of amides is 2. The Morgan fingerprint density at radius 1 is 1.20 bits per heavy atom. The van der Waals surface area contributed by atoms with Gasteiger partial charge in [-0.05, 0) is 70.4 Å². The van der Waals surface area contributed by atoms with Crippen LogP contribution in [-0.4, -0.2) is 87.5 Å². The van der Waals surface area contributed by atoms with Crippen LogP contribution in [0.15, 0.2) is 16.8 Å². The van der Waals surface area contributed by atoms with Gasteiger partial charge in [0.1, 0.15) is 5.60 Å². The smallest absolute Gasteiger partial charge is 0.410 e. The molecule has 0 spiro atoms. The fourth-order valence-corrected chi connectivity index (χ4v) is 5.30. The van der Waals surface area contributed by atoms with E-state index in [1.165, 1.54) is 0 Å². The largest absolute Gasteiger partial charge is 0.444 e. The number of rotatable bonds is 8. The van der Waals surface area contributed by atoms with Gasteiger partial charge in [-0.1, -0.05) is 19.0 Å². The van der Waals surface area contributed by atoms with Gasteiger partial charge in [0.15, 0.2) is 11.5 Å². The van der Waals surface area contributed by atoms with Gasteiger partial charge in [-0.3, -0.25) is 4.79 Å². The van der Waals surface area contributed by atoms with E-state index in [-0.39, 0.29) is 29.8 Å². The zero-order chi connectivity index (χ0) is 28.6. The Labute approximate surface area is 236 Å². The van der Waals surface area contributed by atoms with Crippen LogP contribution >= 0.6 is 0 Å². The summed E-state index contributed by atoms with van der Waals surface area (Å²) >= 11 is 0. The van der Waals surface area contributed by atoms with Gasteiger partial charge in [-0.25, -0.2) is 9.78 Å².